The summed E-state index contributed by atoms with van der Waals surface area (Å²) in [6, 6.07) is 30.0. The molecule has 10 heteroatoms. The number of aliphatic imine (C=N–C) groups is 1. The molecule has 4 aromatic carbocycles. The Morgan fingerprint density at radius 3 is 2.13 bits per heavy atom. The minimum Gasteiger partial charge on any atom is -0.466 e. The smallest absolute Gasteiger partial charge is 0.333 e. The number of anilines is 3. The van der Waals surface area contributed by atoms with Gasteiger partial charge in [-0.05, 0) is 103 Å². The first kappa shape index (κ1) is 31.4. The Kier molecular flexibility index (Phi) is 10.5. The topological polar surface area (TPSA) is 96.9 Å². The van der Waals surface area contributed by atoms with Crippen LogP contribution in [0, 0.1) is 0 Å². The fourth-order valence-electron chi connectivity index (χ4n) is 4.40. The Hall–Kier alpha value is -5.05. The number of hydrogen-bond donors (Lipinski definition) is 3. The van der Waals surface area contributed by atoms with Crippen molar-refractivity contribution in [3.63, 3.8) is 0 Å². The van der Waals surface area contributed by atoms with Crippen molar-refractivity contribution in [1.82, 2.24) is 4.98 Å². The molecule has 0 spiro atoms. The van der Waals surface area contributed by atoms with Crippen molar-refractivity contribution in [3.8, 4) is 11.5 Å². The van der Waals surface area contributed by atoms with Gasteiger partial charge in [0, 0.05) is 50.8 Å². The van der Waals surface area contributed by atoms with Crippen molar-refractivity contribution in [3.05, 3.63) is 124 Å². The van der Waals surface area contributed by atoms with Crippen molar-refractivity contribution in [2.75, 3.05) is 36.1 Å². The largest absolute Gasteiger partial charge is 0.466 e. The first-order valence-electron chi connectivity index (χ1n) is 14.1. The second kappa shape index (κ2) is 15.1. The minimum atomic E-state index is -0.359. The molecule has 0 fully saturated rings. The van der Waals surface area contributed by atoms with Gasteiger partial charge in [0.05, 0.1) is 19.2 Å². The number of ether oxygens (including phenoxy) is 2. The molecule has 0 unspecified atom stereocenters. The molecule has 0 aliphatic carbocycles. The summed E-state index contributed by atoms with van der Waals surface area (Å²) >= 11 is 12.2. The van der Waals surface area contributed by atoms with Crippen LogP contribution in [0.5, 0.6) is 11.5 Å². The summed E-state index contributed by atoms with van der Waals surface area (Å²) in [7, 11) is 1.36. The van der Waals surface area contributed by atoms with E-state index >= 15 is 0 Å². The lowest BCUT2D eigenvalue weighted by atomic mass is 10.1. The van der Waals surface area contributed by atoms with E-state index in [9.17, 15) is 4.79 Å². The number of carbonyl (C=O) groups excluding carboxylic acids is 1. The van der Waals surface area contributed by atoms with Gasteiger partial charge in [0.25, 0.3) is 0 Å². The number of methoxy groups -OCH3 is 1. The number of pyridine rings is 1. The summed E-state index contributed by atoms with van der Waals surface area (Å²) < 4.78 is 10.8. The maximum Gasteiger partial charge on any atom is 0.333 e. The van der Waals surface area contributed by atoms with Gasteiger partial charge in [0.2, 0.25) is 0 Å². The summed E-state index contributed by atoms with van der Waals surface area (Å²) in [6.07, 6.45) is 3.52. The van der Waals surface area contributed by atoms with E-state index in [1.165, 1.54) is 7.11 Å². The Labute approximate surface area is 271 Å². The molecular formula is C35H31Cl2N5O3. The molecule has 0 saturated carbocycles. The van der Waals surface area contributed by atoms with Crippen LogP contribution in [0.25, 0.3) is 17.0 Å². The maximum absolute atomic E-state index is 11.6. The summed E-state index contributed by atoms with van der Waals surface area (Å²) in [5, 5.41) is 12.4. The van der Waals surface area contributed by atoms with E-state index in [1.807, 2.05) is 97.1 Å². The summed E-state index contributed by atoms with van der Waals surface area (Å²) in [5.74, 6) is 1.56. The molecule has 0 atom stereocenters. The fourth-order valence-corrected chi connectivity index (χ4v) is 4.69. The van der Waals surface area contributed by atoms with E-state index in [1.54, 1.807) is 19.2 Å². The van der Waals surface area contributed by atoms with Gasteiger partial charge in [-0.3, -0.25) is 9.98 Å². The lowest BCUT2D eigenvalue weighted by Gasteiger charge is -2.14. The zero-order valence-electron chi connectivity index (χ0n) is 24.7. The molecule has 0 bridgehead atoms. The van der Waals surface area contributed by atoms with Crippen LogP contribution in [0.3, 0.4) is 0 Å². The van der Waals surface area contributed by atoms with E-state index in [0.29, 0.717) is 46.2 Å². The van der Waals surface area contributed by atoms with Crippen LogP contribution in [0.15, 0.2) is 114 Å². The molecule has 0 radical (unpaired) electrons. The van der Waals surface area contributed by atoms with Crippen LogP contribution >= 0.6 is 23.2 Å². The molecule has 3 N–H and O–H groups in total. The monoisotopic (exact) mass is 639 g/mol. The molecule has 0 aliphatic rings. The van der Waals surface area contributed by atoms with Crippen LogP contribution in [0.2, 0.25) is 10.0 Å². The molecule has 0 saturated heterocycles. The van der Waals surface area contributed by atoms with E-state index in [0.717, 1.165) is 33.5 Å². The number of nitrogens with one attached hydrogen (secondary N) is 3. The second-order valence-corrected chi connectivity index (χ2v) is 10.8. The predicted octanol–water partition coefficient (Wildman–Crippen LogP) is 8.90. The number of halogens is 2. The van der Waals surface area contributed by atoms with Crippen molar-refractivity contribution >= 4 is 69.2 Å². The fraction of sp³-hybridized carbons (Fsp3) is 0.114. The molecule has 228 valence electrons. The molecule has 0 aliphatic heterocycles. The molecule has 8 nitrogen and oxygen atoms in total. The van der Waals surface area contributed by atoms with Gasteiger partial charge in [-0.2, -0.15) is 0 Å². The number of aromatic nitrogens is 1. The highest BCUT2D eigenvalue weighted by Gasteiger charge is 2.06. The van der Waals surface area contributed by atoms with Gasteiger partial charge >= 0.3 is 5.97 Å². The number of fused-ring (bicyclic) bond motifs is 1. The zero-order valence-corrected chi connectivity index (χ0v) is 26.2. The highest BCUT2D eigenvalue weighted by Crippen LogP contribution is 2.26. The Morgan fingerprint density at radius 1 is 0.844 bits per heavy atom. The van der Waals surface area contributed by atoms with E-state index in [2.05, 4.69) is 20.9 Å². The van der Waals surface area contributed by atoms with Crippen molar-refractivity contribution in [1.29, 1.82) is 0 Å². The van der Waals surface area contributed by atoms with Crippen molar-refractivity contribution in [2.24, 2.45) is 4.99 Å². The van der Waals surface area contributed by atoms with Crippen LogP contribution in [0.4, 0.5) is 17.1 Å². The molecule has 1 aromatic heterocycles. The molecule has 5 aromatic rings. The SMILES string of the molecule is COC(=O)/C(C)=C/c1ccc(Oc2ccc(NC(=NCCNc3ccnc4cc(Cl)ccc34)Nc3ccc(Cl)cc3)cc2)cc1. The molecule has 0 amide bonds. The van der Waals surface area contributed by atoms with Crippen LogP contribution < -0.4 is 20.7 Å². The van der Waals surface area contributed by atoms with E-state index < -0.39 is 0 Å². The van der Waals surface area contributed by atoms with E-state index in [4.69, 9.17) is 37.7 Å². The van der Waals surface area contributed by atoms with E-state index in [-0.39, 0.29) is 5.97 Å². The zero-order chi connectivity index (χ0) is 31.6. The molecular weight excluding hydrogens is 609 g/mol. The third-order valence-electron chi connectivity index (χ3n) is 6.63. The van der Waals surface area contributed by atoms with Gasteiger partial charge in [-0.25, -0.2) is 4.79 Å². The summed E-state index contributed by atoms with van der Waals surface area (Å²) in [6.45, 7) is 2.80. The van der Waals surface area contributed by atoms with Gasteiger partial charge in [0.1, 0.15) is 11.5 Å². The Morgan fingerprint density at radius 2 is 1.47 bits per heavy atom. The molecule has 5 rings (SSSR count). The normalized spacial score (nSPS) is 11.6. The highest BCUT2D eigenvalue weighted by atomic mass is 35.5. The van der Waals surface area contributed by atoms with Gasteiger partial charge in [0.15, 0.2) is 5.96 Å². The lowest BCUT2D eigenvalue weighted by Crippen LogP contribution is -2.23. The number of rotatable bonds is 10. The molecule has 45 heavy (non-hydrogen) atoms. The van der Waals surface area contributed by atoms with Gasteiger partial charge in [-0.15, -0.1) is 0 Å². The number of esters is 1. The minimum absolute atomic E-state index is 0.359. The Balaban J connectivity index is 1.23. The standard InChI is InChI=1S/C35H31Cl2N5O3/c1-23(34(43)44-2)21-24-3-12-29(13-4-24)45-30-14-10-28(11-15-30)42-35(41-27-8-5-25(36)6-9-27)40-20-19-39-32-17-18-38-33-22-26(37)7-16-31(32)33/h3-18,21-22H,19-20H2,1-2H3,(H,38,39)(H2,40,41,42)/b23-21+. The molecule has 1 heterocycles. The van der Waals surface area contributed by atoms with Crippen LogP contribution in [-0.4, -0.2) is 37.1 Å². The van der Waals surface area contributed by atoms with Crippen molar-refractivity contribution in [2.45, 2.75) is 6.92 Å². The average Bonchev–Trinajstić information content (AvgIpc) is 3.05. The summed E-state index contributed by atoms with van der Waals surface area (Å²) in [4.78, 5) is 20.8. The predicted molar refractivity (Wildman–Crippen MR) is 185 cm³/mol. The quantitative estimate of drug-likeness (QED) is 0.0461. The maximum atomic E-state index is 11.6. The third-order valence-corrected chi connectivity index (χ3v) is 7.12. The van der Waals surface area contributed by atoms with Crippen LogP contribution in [0.1, 0.15) is 12.5 Å². The van der Waals surface area contributed by atoms with Gasteiger partial charge < -0.3 is 25.4 Å². The highest BCUT2D eigenvalue weighted by molar-refractivity contribution is 6.31. The first-order chi connectivity index (χ1) is 21.9. The number of carbonyl (C=O) groups is 1. The number of nitrogens with zero attached hydrogens (tertiary/aromatic N) is 2. The van der Waals surface area contributed by atoms with Gasteiger partial charge in [-0.1, -0.05) is 35.3 Å². The summed E-state index contributed by atoms with van der Waals surface area (Å²) in [5.41, 5.74) is 4.85. The number of benzene rings is 4. The average molecular weight is 641 g/mol. The third kappa shape index (κ3) is 8.98. The number of guanidine groups is 1. The Bertz CT molecular complexity index is 1820. The second-order valence-electron chi connectivity index (χ2n) is 9.95. The first-order valence-corrected chi connectivity index (χ1v) is 14.9. The number of hydrogen-bond acceptors (Lipinski definition) is 6. The lowest BCUT2D eigenvalue weighted by molar-refractivity contribution is -0.135. The van der Waals surface area contributed by atoms with Crippen LogP contribution in [-0.2, 0) is 9.53 Å². The van der Waals surface area contributed by atoms with Crippen molar-refractivity contribution < 1.29 is 14.3 Å².